The lowest BCUT2D eigenvalue weighted by molar-refractivity contribution is -0.173. The summed E-state index contributed by atoms with van der Waals surface area (Å²) in [7, 11) is 1.17. The number of hydrogen-bond acceptors (Lipinski definition) is 7. The monoisotopic (exact) mass is 423 g/mol. The zero-order chi connectivity index (χ0) is 22.2. The first-order valence-electron chi connectivity index (χ1n) is 8.71. The minimum absolute atomic E-state index is 0.00980. The van der Waals surface area contributed by atoms with E-state index in [9.17, 15) is 27.6 Å². The number of nitrogens with one attached hydrogen (secondary N) is 2. The van der Waals surface area contributed by atoms with E-state index < -0.39 is 35.8 Å². The average molecular weight is 423 g/mol. The number of ether oxygens (including phenoxy) is 2. The molecule has 9 nitrogen and oxygen atoms in total. The Labute approximate surface area is 165 Å². The third kappa shape index (κ3) is 8.83. The highest BCUT2D eigenvalue weighted by molar-refractivity contribution is 5.86. The van der Waals surface area contributed by atoms with Gasteiger partial charge in [0, 0.05) is 6.54 Å². The van der Waals surface area contributed by atoms with E-state index in [-0.39, 0.29) is 31.0 Å². The molecule has 0 saturated carbocycles. The molecule has 0 spiro atoms. The third-order valence-corrected chi connectivity index (χ3v) is 3.37. The molecule has 2 amide bonds. The second-order valence-corrected chi connectivity index (χ2v) is 7.01. The minimum atomic E-state index is -4.94. The van der Waals surface area contributed by atoms with Gasteiger partial charge in [0.15, 0.2) is 5.69 Å². The van der Waals surface area contributed by atoms with E-state index in [1.165, 1.54) is 7.11 Å². The Morgan fingerprint density at radius 2 is 1.86 bits per heavy atom. The molecule has 1 unspecified atom stereocenters. The molecule has 0 aromatic carbocycles. The molecule has 0 fully saturated rings. The number of alkyl carbamates (subject to hydrolysis) is 1. The van der Waals surface area contributed by atoms with Gasteiger partial charge in [-0.15, -0.1) is 0 Å². The second kappa shape index (κ2) is 10.1. The zero-order valence-electron chi connectivity index (χ0n) is 16.5. The van der Waals surface area contributed by atoms with Gasteiger partial charge in [-0.25, -0.2) is 14.6 Å². The summed E-state index contributed by atoms with van der Waals surface area (Å²) in [5.41, 5.74) is -0.861. The maximum Gasteiger partial charge on any atom is 0.471 e. The van der Waals surface area contributed by atoms with Gasteiger partial charge < -0.3 is 24.5 Å². The van der Waals surface area contributed by atoms with Crippen molar-refractivity contribution < 1.29 is 41.4 Å². The van der Waals surface area contributed by atoms with Crippen LogP contribution in [0.25, 0.3) is 0 Å². The van der Waals surface area contributed by atoms with Crippen LogP contribution in [0.1, 0.15) is 62.5 Å². The number of methoxy groups -OCH3 is 1. The molecule has 0 aliphatic heterocycles. The van der Waals surface area contributed by atoms with Gasteiger partial charge >= 0.3 is 24.1 Å². The molecular weight excluding hydrogens is 399 g/mol. The summed E-state index contributed by atoms with van der Waals surface area (Å²) in [6.45, 7) is 4.82. The minimum Gasteiger partial charge on any atom is -0.464 e. The number of unbranched alkanes of at least 4 members (excludes halogenated alkanes) is 1. The van der Waals surface area contributed by atoms with Crippen molar-refractivity contribution in [2.24, 2.45) is 0 Å². The molecule has 2 N–H and O–H groups in total. The predicted octanol–water partition coefficient (Wildman–Crippen LogP) is 2.88. The average Bonchev–Trinajstić information content (AvgIpc) is 3.07. The zero-order valence-corrected chi connectivity index (χ0v) is 16.5. The number of amides is 2. The van der Waals surface area contributed by atoms with Gasteiger partial charge in [-0.1, -0.05) is 0 Å². The summed E-state index contributed by atoms with van der Waals surface area (Å²) in [5.74, 6) is -2.74. The van der Waals surface area contributed by atoms with Crippen LogP contribution in [0, 0.1) is 0 Å². The van der Waals surface area contributed by atoms with Gasteiger partial charge in [0.2, 0.25) is 5.89 Å². The second-order valence-electron chi connectivity index (χ2n) is 7.01. The van der Waals surface area contributed by atoms with Crippen molar-refractivity contribution in [2.45, 2.75) is 57.9 Å². The highest BCUT2D eigenvalue weighted by atomic mass is 19.4. The van der Waals surface area contributed by atoms with E-state index in [0.29, 0.717) is 6.42 Å². The van der Waals surface area contributed by atoms with Crippen molar-refractivity contribution in [2.75, 3.05) is 13.7 Å². The molecule has 164 valence electrons. The highest BCUT2D eigenvalue weighted by Crippen LogP contribution is 2.21. The smallest absolute Gasteiger partial charge is 0.464 e. The first-order valence-corrected chi connectivity index (χ1v) is 8.71. The fourth-order valence-corrected chi connectivity index (χ4v) is 2.13. The van der Waals surface area contributed by atoms with Crippen molar-refractivity contribution in [3.05, 3.63) is 17.8 Å². The summed E-state index contributed by atoms with van der Waals surface area (Å²) in [4.78, 5) is 38.3. The number of oxazole rings is 1. The molecule has 0 aliphatic carbocycles. The van der Waals surface area contributed by atoms with Gasteiger partial charge in [0.05, 0.1) is 7.11 Å². The van der Waals surface area contributed by atoms with Crippen LogP contribution in [0.2, 0.25) is 0 Å². The SMILES string of the molecule is COC(=O)c1coc(C(CCCCNC(=O)C(F)(F)F)NC(=O)OC(C)(C)C)n1. The van der Waals surface area contributed by atoms with E-state index in [0.717, 1.165) is 6.26 Å². The van der Waals surface area contributed by atoms with Crippen LogP contribution in [0.15, 0.2) is 10.7 Å². The number of alkyl halides is 3. The number of esters is 1. The van der Waals surface area contributed by atoms with E-state index in [2.05, 4.69) is 15.0 Å². The topological polar surface area (TPSA) is 120 Å². The lowest BCUT2D eigenvalue weighted by atomic mass is 10.1. The summed E-state index contributed by atoms with van der Waals surface area (Å²) >= 11 is 0. The lowest BCUT2D eigenvalue weighted by Crippen LogP contribution is -2.37. The van der Waals surface area contributed by atoms with Crippen LogP contribution in [-0.4, -0.2) is 48.4 Å². The summed E-state index contributed by atoms with van der Waals surface area (Å²) < 4.78 is 51.4. The normalized spacial score (nSPS) is 12.8. The quantitative estimate of drug-likeness (QED) is 0.487. The maximum absolute atomic E-state index is 12.2. The molecular formula is C17H24F3N3O6. The molecule has 0 bridgehead atoms. The predicted molar refractivity (Wildman–Crippen MR) is 92.9 cm³/mol. The number of aromatic nitrogens is 1. The number of rotatable bonds is 8. The van der Waals surface area contributed by atoms with Gasteiger partial charge in [0.1, 0.15) is 17.9 Å². The number of carbonyl (C=O) groups excluding carboxylic acids is 3. The first-order chi connectivity index (χ1) is 13.3. The highest BCUT2D eigenvalue weighted by Gasteiger charge is 2.38. The van der Waals surface area contributed by atoms with Crippen molar-refractivity contribution in [1.29, 1.82) is 0 Å². The molecule has 1 aromatic heterocycles. The number of halogens is 3. The molecule has 12 heteroatoms. The number of hydrogen-bond donors (Lipinski definition) is 2. The van der Waals surface area contributed by atoms with E-state index in [1.54, 1.807) is 26.1 Å². The van der Waals surface area contributed by atoms with Crippen LogP contribution in [0.4, 0.5) is 18.0 Å². The van der Waals surface area contributed by atoms with Gasteiger partial charge in [-0.2, -0.15) is 13.2 Å². The Morgan fingerprint density at radius 3 is 2.41 bits per heavy atom. The largest absolute Gasteiger partial charge is 0.471 e. The molecule has 0 saturated heterocycles. The molecule has 0 radical (unpaired) electrons. The van der Waals surface area contributed by atoms with Gasteiger partial charge in [-0.3, -0.25) is 4.79 Å². The summed E-state index contributed by atoms with van der Waals surface area (Å²) in [5, 5.41) is 4.31. The first kappa shape index (κ1) is 24.2. The van der Waals surface area contributed by atoms with Crippen LogP contribution < -0.4 is 10.6 Å². The molecule has 29 heavy (non-hydrogen) atoms. The van der Waals surface area contributed by atoms with Crippen LogP contribution >= 0.6 is 0 Å². The standard InChI is InChI=1S/C17H24F3N3O6/c1-16(2,3)29-15(26)23-10(12-22-11(9-28-12)13(24)27-4)7-5-6-8-21-14(25)17(18,19)20/h9-10H,5-8H2,1-4H3,(H,21,25)(H,23,26). The van der Waals surface area contributed by atoms with E-state index in [4.69, 9.17) is 9.15 Å². The molecule has 1 heterocycles. The van der Waals surface area contributed by atoms with Crippen molar-refractivity contribution >= 4 is 18.0 Å². The fourth-order valence-electron chi connectivity index (χ4n) is 2.13. The molecule has 1 aromatic rings. The Morgan fingerprint density at radius 1 is 1.21 bits per heavy atom. The summed E-state index contributed by atoms with van der Waals surface area (Å²) in [6, 6.07) is -0.804. The number of carbonyl (C=O) groups is 3. The summed E-state index contributed by atoms with van der Waals surface area (Å²) in [6.07, 6.45) is -3.90. The van der Waals surface area contributed by atoms with E-state index in [1.807, 2.05) is 0 Å². The van der Waals surface area contributed by atoms with Crippen molar-refractivity contribution in [3.8, 4) is 0 Å². The van der Waals surface area contributed by atoms with Crippen LogP contribution in [0.3, 0.4) is 0 Å². The Hall–Kier alpha value is -2.79. The lowest BCUT2D eigenvalue weighted by Gasteiger charge is -2.22. The fraction of sp³-hybridized carbons (Fsp3) is 0.647. The van der Waals surface area contributed by atoms with Crippen molar-refractivity contribution in [3.63, 3.8) is 0 Å². The Bertz CT molecular complexity index is 712. The van der Waals surface area contributed by atoms with Gasteiger partial charge in [-0.05, 0) is 40.0 Å². The van der Waals surface area contributed by atoms with Crippen LogP contribution in [0.5, 0.6) is 0 Å². The van der Waals surface area contributed by atoms with Gasteiger partial charge in [0.25, 0.3) is 0 Å². The molecule has 1 atom stereocenters. The van der Waals surface area contributed by atoms with Crippen molar-refractivity contribution in [1.82, 2.24) is 15.6 Å². The third-order valence-electron chi connectivity index (χ3n) is 3.37. The van der Waals surface area contributed by atoms with Crippen LogP contribution in [-0.2, 0) is 14.3 Å². The molecule has 0 aliphatic rings. The van der Waals surface area contributed by atoms with E-state index >= 15 is 0 Å². The Kier molecular flexibility index (Phi) is 8.46. The number of nitrogens with zero attached hydrogens (tertiary/aromatic N) is 1. The molecule has 1 rings (SSSR count). The maximum atomic E-state index is 12.2. The Balaban J connectivity index is 2.70.